The lowest BCUT2D eigenvalue weighted by Crippen LogP contribution is -2.53. The molecule has 1 saturated carbocycles. The van der Waals surface area contributed by atoms with Crippen molar-refractivity contribution in [1.29, 1.82) is 0 Å². The van der Waals surface area contributed by atoms with E-state index in [0.717, 1.165) is 19.3 Å². The fourth-order valence-electron chi connectivity index (χ4n) is 5.55. The molecule has 4 unspecified atom stereocenters. The second-order valence-electron chi connectivity index (χ2n) is 11.1. The van der Waals surface area contributed by atoms with E-state index in [1.165, 1.54) is 0 Å². The highest BCUT2D eigenvalue weighted by atomic mass is 16.5. The van der Waals surface area contributed by atoms with Crippen molar-refractivity contribution in [3.05, 3.63) is 60.7 Å². The van der Waals surface area contributed by atoms with Gasteiger partial charge in [0.2, 0.25) is 0 Å². The number of hydrogen-bond acceptors (Lipinski definition) is 4. The molecule has 2 aromatic rings. The van der Waals surface area contributed by atoms with Crippen LogP contribution in [0.5, 0.6) is 11.5 Å². The largest absolute Gasteiger partial charge is 0.481 e. The van der Waals surface area contributed by atoms with E-state index >= 15 is 0 Å². The van der Waals surface area contributed by atoms with Crippen LogP contribution in [-0.2, 0) is 9.59 Å². The molecule has 0 bridgehead atoms. The SMILES string of the molecule is CCC(Oc1ccccc1)C(=O)NCC1(C)CC(NC(=O)C(CC)Oc2ccccc2)CC(C)(C)C1. The van der Waals surface area contributed by atoms with Crippen LogP contribution in [0.1, 0.15) is 66.7 Å². The summed E-state index contributed by atoms with van der Waals surface area (Å²) >= 11 is 0. The number of carbonyl (C=O) groups is 2. The Bertz CT molecular complexity index is 979. The van der Waals surface area contributed by atoms with E-state index in [2.05, 4.69) is 31.4 Å². The predicted molar refractivity (Wildman–Crippen MR) is 143 cm³/mol. The van der Waals surface area contributed by atoms with Crippen molar-refractivity contribution < 1.29 is 19.1 Å². The number of rotatable bonds is 11. The normalized spacial score (nSPS) is 22.6. The summed E-state index contributed by atoms with van der Waals surface area (Å²) in [7, 11) is 0. The lowest BCUT2D eigenvalue weighted by atomic mass is 9.62. The van der Waals surface area contributed by atoms with E-state index in [9.17, 15) is 9.59 Å². The van der Waals surface area contributed by atoms with Gasteiger partial charge in [0.1, 0.15) is 11.5 Å². The number of nitrogens with one attached hydrogen (secondary N) is 2. The van der Waals surface area contributed by atoms with Crippen LogP contribution in [0.25, 0.3) is 0 Å². The van der Waals surface area contributed by atoms with Gasteiger partial charge in [-0.25, -0.2) is 0 Å². The molecule has 0 aromatic heterocycles. The first-order valence-corrected chi connectivity index (χ1v) is 13.1. The highest BCUT2D eigenvalue weighted by Gasteiger charge is 2.42. The van der Waals surface area contributed by atoms with Gasteiger partial charge in [-0.05, 0) is 67.2 Å². The molecule has 2 aromatic carbocycles. The highest BCUT2D eigenvalue weighted by molar-refractivity contribution is 5.81. The van der Waals surface area contributed by atoms with Gasteiger partial charge >= 0.3 is 0 Å². The van der Waals surface area contributed by atoms with Gasteiger partial charge in [-0.3, -0.25) is 9.59 Å². The first-order valence-electron chi connectivity index (χ1n) is 13.1. The Kier molecular flexibility index (Phi) is 9.41. The summed E-state index contributed by atoms with van der Waals surface area (Å²) in [5, 5.41) is 6.39. The van der Waals surface area contributed by atoms with Crippen molar-refractivity contribution in [2.45, 2.75) is 85.0 Å². The zero-order valence-corrected chi connectivity index (χ0v) is 22.4. The van der Waals surface area contributed by atoms with Crippen LogP contribution >= 0.6 is 0 Å². The number of benzene rings is 2. The number of ether oxygens (including phenoxy) is 2. The average Bonchev–Trinajstić information content (AvgIpc) is 2.84. The van der Waals surface area contributed by atoms with Crippen LogP contribution in [0.15, 0.2) is 60.7 Å². The van der Waals surface area contributed by atoms with Crippen molar-refractivity contribution in [2.75, 3.05) is 6.54 Å². The summed E-state index contributed by atoms with van der Waals surface area (Å²) in [5.74, 6) is 1.20. The van der Waals surface area contributed by atoms with E-state index in [-0.39, 0.29) is 28.7 Å². The Labute approximate surface area is 216 Å². The van der Waals surface area contributed by atoms with Gasteiger partial charge < -0.3 is 20.1 Å². The number of carbonyl (C=O) groups excluding carboxylic acids is 2. The third kappa shape index (κ3) is 8.00. The van der Waals surface area contributed by atoms with Crippen LogP contribution in [0, 0.1) is 10.8 Å². The Morgan fingerprint density at radius 2 is 1.33 bits per heavy atom. The number of amides is 2. The average molecular weight is 495 g/mol. The summed E-state index contributed by atoms with van der Waals surface area (Å²) in [4.78, 5) is 26.1. The van der Waals surface area contributed by atoms with Crippen molar-refractivity contribution in [3.8, 4) is 11.5 Å². The molecule has 2 amide bonds. The van der Waals surface area contributed by atoms with Crippen molar-refractivity contribution in [1.82, 2.24) is 10.6 Å². The summed E-state index contributed by atoms with van der Waals surface area (Å²) in [6, 6.07) is 18.9. The van der Waals surface area contributed by atoms with Gasteiger partial charge in [0, 0.05) is 12.6 Å². The van der Waals surface area contributed by atoms with Gasteiger partial charge in [-0.2, -0.15) is 0 Å². The summed E-state index contributed by atoms with van der Waals surface area (Å²) in [5.41, 5.74) is -0.120. The highest BCUT2D eigenvalue weighted by Crippen LogP contribution is 2.45. The fourth-order valence-corrected chi connectivity index (χ4v) is 5.55. The van der Waals surface area contributed by atoms with Gasteiger partial charge in [-0.15, -0.1) is 0 Å². The predicted octanol–water partition coefficient (Wildman–Crippen LogP) is 5.52. The van der Waals surface area contributed by atoms with Crippen molar-refractivity contribution >= 4 is 11.8 Å². The maximum absolute atomic E-state index is 13.1. The Morgan fingerprint density at radius 3 is 1.83 bits per heavy atom. The maximum Gasteiger partial charge on any atom is 0.261 e. The van der Waals surface area contributed by atoms with E-state index in [0.29, 0.717) is 30.9 Å². The Morgan fingerprint density at radius 1 is 0.833 bits per heavy atom. The lowest BCUT2D eigenvalue weighted by Gasteiger charge is -2.47. The van der Waals surface area contributed by atoms with Crippen LogP contribution < -0.4 is 20.1 Å². The first kappa shape index (κ1) is 27.6. The molecular formula is C30H42N2O4. The molecule has 0 aliphatic heterocycles. The topological polar surface area (TPSA) is 76.7 Å². The molecule has 0 saturated heterocycles. The summed E-state index contributed by atoms with van der Waals surface area (Å²) < 4.78 is 11.9. The smallest absolute Gasteiger partial charge is 0.261 e. The summed E-state index contributed by atoms with van der Waals surface area (Å²) in [6.07, 6.45) is 2.73. The molecule has 6 nitrogen and oxygen atoms in total. The molecule has 3 rings (SSSR count). The van der Waals surface area contributed by atoms with Gasteiger partial charge in [0.25, 0.3) is 11.8 Å². The molecule has 2 N–H and O–H groups in total. The van der Waals surface area contributed by atoms with Crippen molar-refractivity contribution in [3.63, 3.8) is 0 Å². The molecule has 0 radical (unpaired) electrons. The first-order chi connectivity index (χ1) is 17.1. The molecule has 6 heteroatoms. The molecular weight excluding hydrogens is 452 g/mol. The second-order valence-corrected chi connectivity index (χ2v) is 11.1. The molecule has 0 heterocycles. The molecule has 1 fully saturated rings. The van der Waals surface area contributed by atoms with Gasteiger partial charge in [-0.1, -0.05) is 71.0 Å². The summed E-state index contributed by atoms with van der Waals surface area (Å²) in [6.45, 7) is 11.1. The van der Waals surface area contributed by atoms with Gasteiger partial charge in [0.15, 0.2) is 12.2 Å². The van der Waals surface area contributed by atoms with E-state index in [1.807, 2.05) is 74.5 Å². The Balaban J connectivity index is 1.60. The van der Waals surface area contributed by atoms with E-state index < -0.39 is 12.2 Å². The zero-order chi connectivity index (χ0) is 26.2. The van der Waals surface area contributed by atoms with E-state index in [1.54, 1.807) is 0 Å². The third-order valence-electron chi connectivity index (χ3n) is 6.85. The third-order valence-corrected chi connectivity index (χ3v) is 6.85. The van der Waals surface area contributed by atoms with Crippen LogP contribution in [0.3, 0.4) is 0 Å². The molecule has 0 spiro atoms. The zero-order valence-electron chi connectivity index (χ0n) is 22.4. The standard InChI is InChI=1S/C30H42N2O4/c1-6-25(35-23-14-10-8-11-15-23)27(33)31-21-30(5)19-22(18-29(3,4)20-30)32-28(34)26(7-2)36-24-16-12-9-13-17-24/h8-17,22,25-26H,6-7,18-21H2,1-5H3,(H,31,33)(H,32,34). The maximum atomic E-state index is 13.1. The molecule has 4 atom stereocenters. The molecule has 36 heavy (non-hydrogen) atoms. The van der Waals surface area contributed by atoms with Gasteiger partial charge in [0.05, 0.1) is 0 Å². The molecule has 1 aliphatic rings. The van der Waals surface area contributed by atoms with E-state index in [4.69, 9.17) is 9.47 Å². The minimum absolute atomic E-state index is 0.0131. The van der Waals surface area contributed by atoms with Crippen LogP contribution in [0.4, 0.5) is 0 Å². The number of hydrogen-bond donors (Lipinski definition) is 2. The minimum Gasteiger partial charge on any atom is -0.481 e. The lowest BCUT2D eigenvalue weighted by molar-refractivity contribution is -0.131. The molecule has 1 aliphatic carbocycles. The van der Waals surface area contributed by atoms with Crippen LogP contribution in [0.2, 0.25) is 0 Å². The second kappa shape index (κ2) is 12.3. The fraction of sp³-hybridized carbons (Fsp3) is 0.533. The monoisotopic (exact) mass is 494 g/mol. The molecule has 196 valence electrons. The van der Waals surface area contributed by atoms with Crippen molar-refractivity contribution in [2.24, 2.45) is 10.8 Å². The number of para-hydroxylation sites is 2. The Hall–Kier alpha value is -3.02. The quantitative estimate of drug-likeness (QED) is 0.431. The minimum atomic E-state index is -0.538. The van der Waals surface area contributed by atoms with Crippen LogP contribution in [-0.4, -0.2) is 36.6 Å².